The number of nitrogens with one attached hydrogen (secondary N) is 1. The third-order valence-electron chi connectivity index (χ3n) is 5.68. The van der Waals surface area contributed by atoms with Crippen LogP contribution in [0, 0.1) is 0 Å². The summed E-state index contributed by atoms with van der Waals surface area (Å²) in [6.45, 7) is 0.615. The number of nitrogen functional groups attached to an aromatic ring is 2. The Hall–Kier alpha value is -3.73. The third kappa shape index (κ3) is 3.52. The first-order chi connectivity index (χ1) is 15.0. The van der Waals surface area contributed by atoms with Crippen molar-refractivity contribution in [3.63, 3.8) is 0 Å². The van der Waals surface area contributed by atoms with Gasteiger partial charge in [0.1, 0.15) is 11.3 Å². The molecular weight excluding hydrogens is 398 g/mol. The SMILES string of the molecule is Nc1nc(N)c2ncn([C@H]3CN(C(=O)CCCc4nc5ccccc5[nH]4)C[C@@H]3O)c2n1. The summed E-state index contributed by atoms with van der Waals surface area (Å²) in [5, 5.41) is 10.6. The number of aromatic nitrogens is 6. The van der Waals surface area contributed by atoms with E-state index < -0.39 is 6.10 Å². The second-order valence-electron chi connectivity index (χ2n) is 7.78. The van der Waals surface area contributed by atoms with Crippen LogP contribution >= 0.6 is 0 Å². The number of hydrogen-bond acceptors (Lipinski definition) is 8. The van der Waals surface area contributed by atoms with Gasteiger partial charge in [-0.3, -0.25) is 4.79 Å². The standard InChI is InChI=1S/C20H23N9O2/c21-18-17-19(27-20(22)26-18)29(10-23-17)13-8-28(9-14(13)30)16(31)7-3-6-15-24-11-4-1-2-5-12(11)25-15/h1-2,4-5,10,13-14,30H,3,6-9H2,(H,24,25)(H4,21,22,26,27)/t13-,14-/m0/s1. The molecule has 6 N–H and O–H groups in total. The first kappa shape index (κ1) is 19.2. The number of aliphatic hydroxyl groups is 1. The van der Waals surface area contributed by atoms with E-state index in [-0.39, 0.29) is 30.3 Å². The maximum Gasteiger partial charge on any atom is 0.224 e. The number of likely N-dealkylation sites (tertiary alicyclic amines) is 1. The van der Waals surface area contributed by atoms with Gasteiger partial charge in [-0.25, -0.2) is 9.97 Å². The number of carbonyl (C=O) groups is 1. The summed E-state index contributed by atoms with van der Waals surface area (Å²) in [6, 6.07) is 7.47. The molecule has 0 saturated carbocycles. The van der Waals surface area contributed by atoms with Gasteiger partial charge in [0.25, 0.3) is 0 Å². The van der Waals surface area contributed by atoms with Crippen LogP contribution in [0.25, 0.3) is 22.2 Å². The molecule has 0 radical (unpaired) electrons. The number of H-pyrrole nitrogens is 1. The number of benzene rings is 1. The van der Waals surface area contributed by atoms with E-state index in [4.69, 9.17) is 11.5 Å². The summed E-state index contributed by atoms with van der Waals surface area (Å²) in [7, 11) is 0. The molecule has 1 aliphatic heterocycles. The summed E-state index contributed by atoms with van der Waals surface area (Å²) in [4.78, 5) is 34.6. The van der Waals surface area contributed by atoms with Crippen LogP contribution in [-0.2, 0) is 11.2 Å². The summed E-state index contributed by atoms with van der Waals surface area (Å²) < 4.78 is 1.72. The number of nitrogens with two attached hydrogens (primary N) is 2. The van der Waals surface area contributed by atoms with Gasteiger partial charge in [-0.2, -0.15) is 9.97 Å². The minimum Gasteiger partial charge on any atom is -0.389 e. The van der Waals surface area contributed by atoms with E-state index in [2.05, 4.69) is 24.9 Å². The van der Waals surface area contributed by atoms with Gasteiger partial charge in [-0.1, -0.05) is 12.1 Å². The summed E-state index contributed by atoms with van der Waals surface area (Å²) in [6.07, 6.45) is 2.54. The predicted octanol–water partition coefficient (Wildman–Crippen LogP) is 0.634. The number of imidazole rings is 2. The Morgan fingerprint density at radius 1 is 1.19 bits per heavy atom. The molecule has 1 fully saturated rings. The largest absolute Gasteiger partial charge is 0.389 e. The fraction of sp³-hybridized carbons (Fsp3) is 0.350. The van der Waals surface area contributed by atoms with E-state index in [0.717, 1.165) is 16.9 Å². The number of anilines is 2. The molecule has 4 aromatic rings. The molecule has 1 amide bonds. The van der Waals surface area contributed by atoms with E-state index in [1.165, 1.54) is 0 Å². The number of aromatic amines is 1. The Balaban J connectivity index is 1.23. The van der Waals surface area contributed by atoms with E-state index in [1.54, 1.807) is 15.8 Å². The third-order valence-corrected chi connectivity index (χ3v) is 5.68. The van der Waals surface area contributed by atoms with E-state index in [0.29, 0.717) is 37.0 Å². The van der Waals surface area contributed by atoms with Crippen molar-refractivity contribution < 1.29 is 9.90 Å². The molecule has 1 aliphatic rings. The van der Waals surface area contributed by atoms with E-state index in [1.807, 2.05) is 24.3 Å². The quantitative estimate of drug-likeness (QED) is 0.364. The summed E-state index contributed by atoms with van der Waals surface area (Å²) in [5.41, 5.74) is 14.4. The smallest absolute Gasteiger partial charge is 0.224 e. The fourth-order valence-corrected chi connectivity index (χ4v) is 4.13. The zero-order chi connectivity index (χ0) is 21.5. The Morgan fingerprint density at radius 3 is 2.87 bits per heavy atom. The highest BCUT2D eigenvalue weighted by atomic mass is 16.3. The maximum absolute atomic E-state index is 12.7. The highest BCUT2D eigenvalue weighted by Gasteiger charge is 2.36. The number of carbonyl (C=O) groups excluding carboxylic acids is 1. The molecule has 0 bridgehead atoms. The van der Waals surface area contributed by atoms with Crippen LogP contribution in [0.3, 0.4) is 0 Å². The van der Waals surface area contributed by atoms with Crippen LogP contribution in [0.1, 0.15) is 24.7 Å². The number of para-hydroxylation sites is 2. The van der Waals surface area contributed by atoms with Gasteiger partial charge in [-0.05, 0) is 18.6 Å². The molecule has 4 heterocycles. The van der Waals surface area contributed by atoms with Crippen LogP contribution in [0.5, 0.6) is 0 Å². The molecule has 0 unspecified atom stereocenters. The van der Waals surface area contributed by atoms with Gasteiger partial charge in [-0.15, -0.1) is 0 Å². The Morgan fingerprint density at radius 2 is 2.03 bits per heavy atom. The molecule has 0 spiro atoms. The van der Waals surface area contributed by atoms with Gasteiger partial charge < -0.3 is 31.0 Å². The van der Waals surface area contributed by atoms with Crippen LogP contribution < -0.4 is 11.5 Å². The topological polar surface area (TPSA) is 165 Å². The molecule has 3 aromatic heterocycles. The minimum absolute atomic E-state index is 0.00395. The molecule has 1 saturated heterocycles. The van der Waals surface area contributed by atoms with Crippen molar-refractivity contribution in [3.05, 3.63) is 36.4 Å². The van der Waals surface area contributed by atoms with E-state index >= 15 is 0 Å². The first-order valence-corrected chi connectivity index (χ1v) is 10.1. The van der Waals surface area contributed by atoms with Crippen molar-refractivity contribution in [2.24, 2.45) is 0 Å². The van der Waals surface area contributed by atoms with Gasteiger partial charge >= 0.3 is 0 Å². The van der Waals surface area contributed by atoms with Crippen molar-refractivity contribution in [2.75, 3.05) is 24.6 Å². The molecule has 160 valence electrons. The lowest BCUT2D eigenvalue weighted by molar-refractivity contribution is -0.130. The molecule has 0 aliphatic carbocycles. The first-order valence-electron chi connectivity index (χ1n) is 10.1. The monoisotopic (exact) mass is 421 g/mol. The number of nitrogens with zero attached hydrogens (tertiary/aromatic N) is 6. The predicted molar refractivity (Wildman–Crippen MR) is 115 cm³/mol. The second kappa shape index (κ2) is 7.51. The van der Waals surface area contributed by atoms with E-state index in [9.17, 15) is 9.90 Å². The van der Waals surface area contributed by atoms with Gasteiger partial charge in [0.15, 0.2) is 11.5 Å². The van der Waals surface area contributed by atoms with Crippen LogP contribution in [0.15, 0.2) is 30.6 Å². The number of hydrogen-bond donors (Lipinski definition) is 4. The average Bonchev–Trinajstić information content (AvgIpc) is 3.43. The Kier molecular flexibility index (Phi) is 4.66. The highest BCUT2D eigenvalue weighted by Crippen LogP contribution is 2.28. The lowest BCUT2D eigenvalue weighted by Gasteiger charge is -2.17. The molecular formula is C20H23N9O2. The Labute approximate surface area is 177 Å². The maximum atomic E-state index is 12.7. The zero-order valence-electron chi connectivity index (χ0n) is 16.8. The van der Waals surface area contributed by atoms with Crippen LogP contribution in [-0.4, -0.2) is 64.6 Å². The molecule has 11 heteroatoms. The van der Waals surface area contributed by atoms with Crippen LogP contribution in [0.4, 0.5) is 11.8 Å². The molecule has 11 nitrogen and oxygen atoms in total. The van der Waals surface area contributed by atoms with Crippen molar-refractivity contribution >= 4 is 39.9 Å². The van der Waals surface area contributed by atoms with Crippen molar-refractivity contribution in [2.45, 2.75) is 31.4 Å². The van der Waals surface area contributed by atoms with Crippen molar-refractivity contribution in [1.82, 2.24) is 34.4 Å². The number of amides is 1. The fourth-order valence-electron chi connectivity index (χ4n) is 4.13. The number of fused-ring (bicyclic) bond motifs is 2. The normalized spacial score (nSPS) is 18.9. The zero-order valence-corrected chi connectivity index (χ0v) is 16.8. The lowest BCUT2D eigenvalue weighted by Crippen LogP contribution is -2.29. The van der Waals surface area contributed by atoms with Gasteiger partial charge in [0.2, 0.25) is 11.9 Å². The summed E-state index contributed by atoms with van der Waals surface area (Å²) >= 11 is 0. The average molecular weight is 421 g/mol. The second-order valence-corrected chi connectivity index (χ2v) is 7.78. The van der Waals surface area contributed by atoms with Gasteiger partial charge in [0, 0.05) is 25.9 Å². The minimum atomic E-state index is -0.742. The molecule has 31 heavy (non-hydrogen) atoms. The van der Waals surface area contributed by atoms with Crippen molar-refractivity contribution in [3.8, 4) is 0 Å². The lowest BCUT2D eigenvalue weighted by atomic mass is 10.2. The number of aliphatic hydroxyl groups excluding tert-OH is 1. The number of β-amino-alcohol motifs (C(OH)–C–C–N with tert-alkyl or cyclic N) is 1. The molecule has 2 atom stereocenters. The highest BCUT2D eigenvalue weighted by molar-refractivity contribution is 5.83. The number of aryl methyl sites for hydroxylation is 1. The van der Waals surface area contributed by atoms with Gasteiger partial charge in [0.05, 0.1) is 29.5 Å². The summed E-state index contributed by atoms with van der Waals surface area (Å²) in [5.74, 6) is 1.09. The number of rotatable bonds is 5. The Bertz CT molecular complexity index is 1230. The van der Waals surface area contributed by atoms with Crippen LogP contribution in [0.2, 0.25) is 0 Å². The molecule has 1 aromatic carbocycles. The van der Waals surface area contributed by atoms with Crippen molar-refractivity contribution in [1.29, 1.82) is 0 Å². The molecule has 5 rings (SSSR count).